The lowest BCUT2D eigenvalue weighted by molar-refractivity contribution is -0.157. The van der Waals surface area contributed by atoms with Crippen molar-refractivity contribution in [3.05, 3.63) is 52.6 Å². The fraction of sp³-hybridized carbons (Fsp3) is 0.647. The first-order chi connectivity index (χ1) is 20.1. The predicted molar refractivity (Wildman–Crippen MR) is 167 cm³/mol. The minimum Gasteiger partial charge on any atom is -0.441 e. The van der Waals surface area contributed by atoms with Crippen molar-refractivity contribution in [3.8, 4) is 11.3 Å². The van der Waals surface area contributed by atoms with E-state index in [1.807, 2.05) is 70.7 Å². The van der Waals surface area contributed by atoms with Crippen LogP contribution < -0.4 is 11.3 Å². The van der Waals surface area contributed by atoms with E-state index in [0.29, 0.717) is 42.2 Å². The molecule has 4 rings (SSSR count). The van der Waals surface area contributed by atoms with Crippen LogP contribution in [0.5, 0.6) is 0 Å². The van der Waals surface area contributed by atoms with Gasteiger partial charge in [-0.1, -0.05) is 97.9 Å². The molecule has 2 aromatic rings. The van der Waals surface area contributed by atoms with Crippen molar-refractivity contribution in [2.75, 3.05) is 13.1 Å². The highest BCUT2D eigenvalue weighted by atomic mass is 16.6. The molecule has 1 aromatic carbocycles. The Morgan fingerprint density at radius 3 is 2.44 bits per heavy atom. The zero-order valence-electron chi connectivity index (χ0n) is 26.8. The van der Waals surface area contributed by atoms with E-state index in [1.165, 1.54) is 49.1 Å². The Kier molecular flexibility index (Phi) is 9.74. The summed E-state index contributed by atoms with van der Waals surface area (Å²) in [5.41, 5.74) is 4.60. The lowest BCUT2D eigenvalue weighted by Gasteiger charge is -2.50. The molecule has 43 heavy (non-hydrogen) atoms. The molecule has 0 spiro atoms. The van der Waals surface area contributed by atoms with Gasteiger partial charge in [0.1, 0.15) is 6.10 Å². The molecule has 2 aliphatic rings. The van der Waals surface area contributed by atoms with E-state index in [-0.39, 0.29) is 23.9 Å². The Hall–Kier alpha value is -3.20. The van der Waals surface area contributed by atoms with Gasteiger partial charge in [-0.05, 0) is 18.8 Å². The number of carbonyl (C=O) groups excluding carboxylic acids is 2. The maximum absolute atomic E-state index is 13.4. The molecule has 1 aromatic heterocycles. The highest BCUT2D eigenvalue weighted by Gasteiger charge is 2.49. The number of piperidine rings is 1. The van der Waals surface area contributed by atoms with Gasteiger partial charge in [-0.15, -0.1) is 0 Å². The zero-order chi connectivity index (χ0) is 31.6. The highest BCUT2D eigenvalue weighted by molar-refractivity contribution is 5.78. The Morgan fingerprint density at radius 2 is 1.84 bits per heavy atom. The monoisotopic (exact) mass is 594 g/mol. The molecule has 3 atom stereocenters. The van der Waals surface area contributed by atoms with Crippen molar-refractivity contribution in [1.29, 1.82) is 0 Å². The second kappa shape index (κ2) is 12.8. The number of primary amides is 1. The van der Waals surface area contributed by atoms with Crippen LogP contribution in [0.2, 0.25) is 0 Å². The van der Waals surface area contributed by atoms with Gasteiger partial charge in [-0.3, -0.25) is 14.2 Å². The van der Waals surface area contributed by atoms with Crippen LogP contribution in [0.4, 0.5) is 4.79 Å². The van der Waals surface area contributed by atoms with E-state index in [2.05, 4.69) is 4.98 Å². The van der Waals surface area contributed by atoms with Crippen LogP contribution >= 0.6 is 0 Å². The SMILES string of the molecule is C[C@H](CC1CCCCC1)C(=O)N1CCC(O)(Cn2cnc(-c3ccccc3C(OC(N)=O)C(C)(C)C)cc2=O)C(C)(C)C1. The number of nitrogens with zero attached hydrogens (tertiary/aromatic N) is 3. The smallest absolute Gasteiger partial charge is 0.405 e. The molecular formula is C34H50N4O5. The number of aliphatic hydroxyl groups is 1. The minimum absolute atomic E-state index is 0.0291. The van der Waals surface area contributed by atoms with Gasteiger partial charge in [0.25, 0.3) is 5.56 Å². The number of ether oxygens (including phenoxy) is 1. The Bertz CT molecular complexity index is 1360. The number of hydrogen-bond donors (Lipinski definition) is 2. The quantitative estimate of drug-likeness (QED) is 0.404. The van der Waals surface area contributed by atoms with Crippen LogP contribution in [0.25, 0.3) is 11.3 Å². The molecule has 1 saturated carbocycles. The predicted octanol–water partition coefficient (Wildman–Crippen LogP) is 5.69. The fourth-order valence-corrected chi connectivity index (χ4v) is 6.93. The average molecular weight is 595 g/mol. The molecule has 1 aliphatic heterocycles. The van der Waals surface area contributed by atoms with E-state index in [4.69, 9.17) is 10.5 Å². The second-order valence-electron chi connectivity index (χ2n) is 14.6. The number of benzene rings is 1. The van der Waals surface area contributed by atoms with Crippen LogP contribution in [0.15, 0.2) is 41.5 Å². The summed E-state index contributed by atoms with van der Waals surface area (Å²) in [4.78, 5) is 45.0. The summed E-state index contributed by atoms with van der Waals surface area (Å²) in [6.45, 7) is 12.8. The first-order valence-corrected chi connectivity index (χ1v) is 15.7. The third-order valence-corrected chi connectivity index (χ3v) is 9.64. The van der Waals surface area contributed by atoms with E-state index < -0.39 is 28.6 Å². The molecule has 1 aliphatic carbocycles. The summed E-state index contributed by atoms with van der Waals surface area (Å²) in [6, 6.07) is 8.81. The molecule has 2 amide bonds. The van der Waals surface area contributed by atoms with E-state index in [9.17, 15) is 19.5 Å². The van der Waals surface area contributed by atoms with Crippen LogP contribution in [0.1, 0.15) is 98.2 Å². The number of nitrogens with two attached hydrogens (primary N) is 1. The van der Waals surface area contributed by atoms with Crippen LogP contribution in [-0.2, 0) is 16.1 Å². The van der Waals surface area contributed by atoms with Crippen molar-refractivity contribution < 1.29 is 19.4 Å². The number of aromatic nitrogens is 2. The second-order valence-corrected chi connectivity index (χ2v) is 14.6. The minimum atomic E-state index is -1.20. The molecule has 2 heterocycles. The fourth-order valence-electron chi connectivity index (χ4n) is 6.93. The van der Waals surface area contributed by atoms with Gasteiger partial charge in [-0.2, -0.15) is 0 Å². The van der Waals surface area contributed by atoms with Crippen molar-refractivity contribution in [1.82, 2.24) is 14.5 Å². The van der Waals surface area contributed by atoms with Crippen molar-refractivity contribution in [3.63, 3.8) is 0 Å². The maximum atomic E-state index is 13.4. The van der Waals surface area contributed by atoms with Gasteiger partial charge in [0.2, 0.25) is 5.91 Å². The molecule has 0 radical (unpaired) electrons. The van der Waals surface area contributed by atoms with Gasteiger partial charge < -0.3 is 20.5 Å². The van der Waals surface area contributed by atoms with Gasteiger partial charge in [0.15, 0.2) is 0 Å². The largest absolute Gasteiger partial charge is 0.441 e. The highest BCUT2D eigenvalue weighted by Crippen LogP contribution is 2.42. The maximum Gasteiger partial charge on any atom is 0.405 e. The molecule has 0 bridgehead atoms. The third kappa shape index (κ3) is 7.48. The Balaban J connectivity index is 1.50. The molecular weight excluding hydrogens is 544 g/mol. The lowest BCUT2D eigenvalue weighted by atomic mass is 9.69. The molecule has 236 valence electrons. The van der Waals surface area contributed by atoms with Gasteiger partial charge in [-0.25, -0.2) is 9.78 Å². The van der Waals surface area contributed by atoms with Gasteiger partial charge in [0.05, 0.1) is 24.2 Å². The van der Waals surface area contributed by atoms with Crippen LogP contribution in [0, 0.1) is 22.7 Å². The number of amides is 2. The van der Waals surface area contributed by atoms with Gasteiger partial charge >= 0.3 is 6.09 Å². The molecule has 9 heteroatoms. The molecule has 2 fully saturated rings. The summed E-state index contributed by atoms with van der Waals surface area (Å²) in [5.74, 6) is 0.766. The summed E-state index contributed by atoms with van der Waals surface area (Å²) >= 11 is 0. The summed E-state index contributed by atoms with van der Waals surface area (Å²) < 4.78 is 6.94. The number of hydrogen-bond acceptors (Lipinski definition) is 6. The first kappa shape index (κ1) is 32.7. The van der Waals surface area contributed by atoms with Crippen LogP contribution in [0.3, 0.4) is 0 Å². The van der Waals surface area contributed by atoms with Gasteiger partial charge in [0, 0.05) is 47.0 Å². The number of carbonyl (C=O) groups is 2. The Labute approximate surface area is 255 Å². The summed E-state index contributed by atoms with van der Waals surface area (Å²) in [7, 11) is 0. The van der Waals surface area contributed by atoms with Crippen LogP contribution in [-0.4, -0.2) is 50.2 Å². The number of rotatable bonds is 8. The lowest BCUT2D eigenvalue weighted by Crippen LogP contribution is -2.61. The standard InChI is InChI=1S/C34H50N4O5/c1-23(18-24-12-8-7-9-13-24)30(40)37-17-16-34(42,33(5,6)20-37)21-38-22-36-27(19-28(38)39)25-14-10-11-15-26(25)29(32(2,3)4)43-31(35)41/h10-11,14-15,19,22-24,29,42H,7-9,12-13,16-18,20-21H2,1-6H3,(H2,35,41)/t23-,29?,34?/m1/s1. The molecule has 9 nitrogen and oxygen atoms in total. The average Bonchev–Trinajstić information content (AvgIpc) is 2.94. The van der Waals surface area contributed by atoms with E-state index in [1.54, 1.807) is 0 Å². The third-order valence-electron chi connectivity index (χ3n) is 9.64. The van der Waals surface area contributed by atoms with E-state index in [0.717, 1.165) is 6.42 Å². The first-order valence-electron chi connectivity index (χ1n) is 15.7. The topological polar surface area (TPSA) is 128 Å². The summed E-state index contributed by atoms with van der Waals surface area (Å²) in [6.07, 6.45) is 7.51. The van der Waals surface area contributed by atoms with Crippen molar-refractivity contribution in [2.45, 2.75) is 105 Å². The normalized spacial score (nSPS) is 22.5. The zero-order valence-corrected chi connectivity index (χ0v) is 26.8. The molecule has 3 N–H and O–H groups in total. The van der Waals surface area contributed by atoms with Crippen molar-refractivity contribution >= 4 is 12.0 Å². The molecule has 2 unspecified atom stereocenters. The van der Waals surface area contributed by atoms with E-state index >= 15 is 0 Å². The summed E-state index contributed by atoms with van der Waals surface area (Å²) in [5, 5.41) is 11.9. The molecule has 1 saturated heterocycles. The Morgan fingerprint density at radius 1 is 1.16 bits per heavy atom. The number of likely N-dealkylation sites (tertiary alicyclic amines) is 1. The van der Waals surface area contributed by atoms with Crippen molar-refractivity contribution in [2.24, 2.45) is 28.4 Å².